The third-order valence-electron chi connectivity index (χ3n) is 11.5. The Kier molecular flexibility index (Phi) is 12.3. The quantitative estimate of drug-likeness (QED) is 0.287. The highest BCUT2D eigenvalue weighted by molar-refractivity contribution is 7.90. The first kappa shape index (κ1) is 41.1. The number of ether oxygens (including phenoxy) is 2. The number of sulfonamides is 1. The van der Waals surface area contributed by atoms with Gasteiger partial charge in [0.05, 0.1) is 17.0 Å². The fourth-order valence-electron chi connectivity index (χ4n) is 8.94. The van der Waals surface area contributed by atoms with Gasteiger partial charge >= 0.3 is 6.09 Å². The molecule has 1 N–H and O–H groups in total. The molecule has 1 atom stereocenters. The first-order valence-electron chi connectivity index (χ1n) is 20.0. The number of amides is 2. The van der Waals surface area contributed by atoms with Gasteiger partial charge in [-0.15, -0.1) is 0 Å². The Balaban J connectivity index is 0.970. The van der Waals surface area contributed by atoms with E-state index in [1.165, 1.54) is 24.5 Å². The van der Waals surface area contributed by atoms with Gasteiger partial charge in [0.15, 0.2) is 11.6 Å². The number of halogens is 1. The number of carbonyl (C=O) groups is 2. The van der Waals surface area contributed by atoms with Crippen molar-refractivity contribution < 1.29 is 31.9 Å². The van der Waals surface area contributed by atoms with Gasteiger partial charge in [0, 0.05) is 63.9 Å². The van der Waals surface area contributed by atoms with Crippen LogP contribution in [0.2, 0.25) is 0 Å². The molecule has 2 amide bonds. The number of piperidine rings is 1. The first-order chi connectivity index (χ1) is 25.9. The van der Waals surface area contributed by atoms with Crippen LogP contribution in [0.4, 0.5) is 15.0 Å². The Morgan fingerprint density at radius 1 is 1.00 bits per heavy atom. The molecule has 4 fully saturated rings. The minimum atomic E-state index is -3.48. The molecule has 0 bridgehead atoms. The summed E-state index contributed by atoms with van der Waals surface area (Å²) < 4.78 is 55.9. The van der Waals surface area contributed by atoms with Gasteiger partial charge in [-0.1, -0.05) is 0 Å². The van der Waals surface area contributed by atoms with Gasteiger partial charge in [0.2, 0.25) is 10.0 Å². The van der Waals surface area contributed by atoms with Crippen molar-refractivity contribution in [2.45, 2.75) is 122 Å². The standard InChI is InChI=1S/C40H60FN7O6S/c1-27(2)48(28(3)4)37(49)33-20-30(41)8-9-34(33)53-35-21-42-26-43-36(35)47-17-12-29(23-47)22-45-24-40(25-45)15-10-31(11-16-40)44-55(51,52)32-13-18-46(19-14-32)38(50)54-39(5,6)7/h8-9,20-21,26-29,31-32,44H,10-19,22-25H2,1-7H3/t29-/m0/s1. The van der Waals surface area contributed by atoms with Gasteiger partial charge in [0.1, 0.15) is 23.5 Å². The van der Waals surface area contributed by atoms with Crippen LogP contribution in [-0.4, -0.2) is 120 Å². The maximum atomic E-state index is 14.4. The van der Waals surface area contributed by atoms with Crippen molar-refractivity contribution in [3.8, 4) is 11.5 Å². The summed E-state index contributed by atoms with van der Waals surface area (Å²) in [6, 6.07) is 3.82. The molecular formula is C40H60FN7O6S. The molecule has 3 saturated heterocycles. The summed E-state index contributed by atoms with van der Waals surface area (Å²) in [4.78, 5) is 42.9. The molecular weight excluding hydrogens is 726 g/mol. The average Bonchev–Trinajstić information content (AvgIpc) is 3.56. The number of carbonyl (C=O) groups excluding carboxylic acids is 2. The van der Waals surface area contributed by atoms with E-state index in [9.17, 15) is 22.4 Å². The molecule has 4 aliphatic rings. The Morgan fingerprint density at radius 2 is 1.67 bits per heavy atom. The molecule has 3 aliphatic heterocycles. The Hall–Kier alpha value is -3.56. The second-order valence-corrected chi connectivity index (χ2v) is 19.7. The predicted octanol–water partition coefficient (Wildman–Crippen LogP) is 6.06. The molecule has 1 aliphatic carbocycles. The molecule has 4 heterocycles. The summed E-state index contributed by atoms with van der Waals surface area (Å²) in [6.45, 7) is 18.6. The molecule has 6 rings (SSSR count). The molecule has 0 unspecified atom stereocenters. The lowest BCUT2D eigenvalue weighted by atomic mass is 9.67. The van der Waals surface area contributed by atoms with Crippen LogP contribution in [-0.2, 0) is 14.8 Å². The predicted molar refractivity (Wildman–Crippen MR) is 209 cm³/mol. The maximum absolute atomic E-state index is 14.4. The van der Waals surface area contributed by atoms with E-state index >= 15 is 0 Å². The van der Waals surface area contributed by atoms with Crippen molar-refractivity contribution >= 4 is 27.8 Å². The smallest absolute Gasteiger partial charge is 0.410 e. The molecule has 304 valence electrons. The van der Waals surface area contributed by atoms with Gasteiger partial charge in [-0.2, -0.15) is 0 Å². The van der Waals surface area contributed by atoms with Gasteiger partial charge in [-0.3, -0.25) is 4.79 Å². The molecule has 1 aromatic heterocycles. The van der Waals surface area contributed by atoms with E-state index in [1.807, 2.05) is 48.5 Å². The highest BCUT2D eigenvalue weighted by atomic mass is 32.2. The third-order valence-corrected chi connectivity index (χ3v) is 13.5. The number of anilines is 1. The van der Waals surface area contributed by atoms with Crippen molar-refractivity contribution in [2.75, 3.05) is 50.7 Å². The minimum Gasteiger partial charge on any atom is -0.451 e. The monoisotopic (exact) mass is 785 g/mol. The van der Waals surface area contributed by atoms with E-state index in [-0.39, 0.29) is 46.9 Å². The zero-order chi connectivity index (χ0) is 39.7. The third kappa shape index (κ3) is 9.88. The fourth-order valence-corrected chi connectivity index (χ4v) is 10.7. The second-order valence-electron chi connectivity index (χ2n) is 17.7. The number of benzene rings is 1. The van der Waals surface area contributed by atoms with Crippen molar-refractivity contribution in [2.24, 2.45) is 11.3 Å². The molecule has 0 radical (unpaired) electrons. The highest BCUT2D eigenvalue weighted by Gasteiger charge is 2.46. The van der Waals surface area contributed by atoms with Crippen molar-refractivity contribution in [3.05, 3.63) is 42.1 Å². The average molecular weight is 786 g/mol. The van der Waals surface area contributed by atoms with Crippen LogP contribution in [0.5, 0.6) is 11.5 Å². The number of rotatable bonds is 11. The highest BCUT2D eigenvalue weighted by Crippen LogP contribution is 2.45. The lowest BCUT2D eigenvalue weighted by Crippen LogP contribution is -2.60. The molecule has 1 aromatic carbocycles. The van der Waals surface area contributed by atoms with Gasteiger partial charge in [0.25, 0.3) is 5.91 Å². The lowest BCUT2D eigenvalue weighted by Gasteiger charge is -2.54. The Morgan fingerprint density at radius 3 is 2.31 bits per heavy atom. The topological polar surface area (TPSA) is 138 Å². The van der Waals surface area contributed by atoms with Crippen LogP contribution in [0.15, 0.2) is 30.7 Å². The summed E-state index contributed by atoms with van der Waals surface area (Å²) in [5, 5.41) is -0.493. The van der Waals surface area contributed by atoms with Crippen LogP contribution in [0.3, 0.4) is 0 Å². The van der Waals surface area contributed by atoms with Crippen LogP contribution in [0, 0.1) is 17.2 Å². The number of nitrogens with one attached hydrogen (secondary N) is 1. The Bertz CT molecular complexity index is 1770. The molecule has 13 nitrogen and oxygen atoms in total. The molecule has 55 heavy (non-hydrogen) atoms. The summed E-state index contributed by atoms with van der Waals surface area (Å²) >= 11 is 0. The second kappa shape index (κ2) is 16.5. The molecule has 2 aromatic rings. The van der Waals surface area contributed by atoms with E-state index in [0.29, 0.717) is 43.4 Å². The number of nitrogens with zero attached hydrogens (tertiary/aromatic N) is 6. The largest absolute Gasteiger partial charge is 0.451 e. The van der Waals surface area contributed by atoms with Crippen LogP contribution >= 0.6 is 0 Å². The minimum absolute atomic E-state index is 0.0466. The SMILES string of the molecule is CC(C)N(C(=O)c1cc(F)ccc1Oc1cncnc1N1CC[C@@H](CN2CC3(CCC(NS(=O)(=O)C4CCN(C(=O)OC(C)(C)C)CC4)CC3)C2)C1)C(C)C. The molecule has 1 saturated carbocycles. The van der Waals surface area contributed by atoms with Gasteiger partial charge in [-0.05, 0) is 123 Å². The van der Waals surface area contributed by atoms with Crippen molar-refractivity contribution in [3.63, 3.8) is 0 Å². The molecule has 15 heteroatoms. The normalized spacial score (nSPS) is 21.3. The van der Waals surface area contributed by atoms with Crippen LogP contribution < -0.4 is 14.4 Å². The van der Waals surface area contributed by atoms with Crippen LogP contribution in [0.1, 0.15) is 104 Å². The van der Waals surface area contributed by atoms with E-state index in [0.717, 1.165) is 64.8 Å². The van der Waals surface area contributed by atoms with Gasteiger partial charge < -0.3 is 29.1 Å². The number of aromatic nitrogens is 2. The molecule has 1 spiro atoms. The van der Waals surface area contributed by atoms with Crippen molar-refractivity contribution in [1.82, 2.24) is 29.4 Å². The number of likely N-dealkylation sites (tertiary alicyclic amines) is 2. The summed E-state index contributed by atoms with van der Waals surface area (Å²) in [7, 11) is -3.48. The Labute approximate surface area is 326 Å². The van der Waals surface area contributed by atoms with E-state index in [1.54, 1.807) is 16.0 Å². The number of hydrogen-bond acceptors (Lipinski definition) is 10. The van der Waals surface area contributed by atoms with E-state index in [4.69, 9.17) is 9.47 Å². The fraction of sp³-hybridized carbons (Fsp3) is 0.700. The summed E-state index contributed by atoms with van der Waals surface area (Å²) in [5.74, 6) is 0.976. The van der Waals surface area contributed by atoms with E-state index < -0.39 is 26.7 Å². The number of hydrogen-bond donors (Lipinski definition) is 1. The zero-order valence-corrected chi connectivity index (χ0v) is 34.4. The zero-order valence-electron chi connectivity index (χ0n) is 33.6. The van der Waals surface area contributed by atoms with E-state index in [2.05, 4.69) is 24.5 Å². The summed E-state index contributed by atoms with van der Waals surface area (Å²) in [6.07, 6.45) is 8.23. The lowest BCUT2D eigenvalue weighted by molar-refractivity contribution is -0.0386. The maximum Gasteiger partial charge on any atom is 0.410 e. The van der Waals surface area contributed by atoms with Crippen LogP contribution in [0.25, 0.3) is 0 Å². The van der Waals surface area contributed by atoms with Crippen molar-refractivity contribution in [1.29, 1.82) is 0 Å². The summed E-state index contributed by atoms with van der Waals surface area (Å²) in [5.41, 5.74) is -0.175. The first-order valence-corrected chi connectivity index (χ1v) is 21.5. The van der Waals surface area contributed by atoms with Gasteiger partial charge in [-0.25, -0.2) is 32.3 Å².